The molecule has 0 radical (unpaired) electrons. The van der Waals surface area contributed by atoms with Crippen molar-refractivity contribution in [3.8, 4) is 0 Å². The first-order valence-electron chi connectivity index (χ1n) is 6.75. The maximum atomic E-state index is 6.14. The van der Waals surface area contributed by atoms with Gasteiger partial charge in [0.1, 0.15) is 0 Å². The number of fused-ring (bicyclic) bond motifs is 2. The summed E-state index contributed by atoms with van der Waals surface area (Å²) in [5.74, 6) is 0. The molecule has 2 nitrogen and oxygen atoms in total. The van der Waals surface area contributed by atoms with E-state index >= 15 is 0 Å². The van der Waals surface area contributed by atoms with Gasteiger partial charge < -0.3 is 0 Å². The molecule has 3 aromatic rings. The first kappa shape index (κ1) is 11.2. The van der Waals surface area contributed by atoms with Crippen molar-refractivity contribution < 1.29 is 9.57 Å². The van der Waals surface area contributed by atoms with Crippen LogP contribution in [0.3, 0.4) is 0 Å². The Bertz CT molecular complexity index is 802. The van der Waals surface area contributed by atoms with Gasteiger partial charge in [-0.05, 0) is 23.8 Å². The molecule has 2 aromatic carbocycles. The fraction of sp³-hybridized carbons (Fsp3) is 0.0556. The highest BCUT2D eigenvalue weighted by Crippen LogP contribution is 2.28. The number of nitrogens with zero attached hydrogens (tertiary/aromatic N) is 1. The normalized spacial score (nSPS) is 16.3. The summed E-state index contributed by atoms with van der Waals surface area (Å²) in [6.45, 7) is 0. The van der Waals surface area contributed by atoms with E-state index in [-0.39, 0.29) is 6.10 Å². The molecule has 0 saturated carbocycles. The second-order valence-electron chi connectivity index (χ2n) is 4.91. The summed E-state index contributed by atoms with van der Waals surface area (Å²) in [4.78, 5) is 6.14. The van der Waals surface area contributed by atoms with Gasteiger partial charge in [-0.2, -0.15) is 0 Å². The third-order valence-electron chi connectivity index (χ3n) is 3.65. The Hall–Kier alpha value is -2.61. The molecule has 0 N–H and O–H groups in total. The SMILES string of the molecule is C1=CC(O[n+]2cccc3ccccc32)c2ccccc21. The minimum Gasteiger partial charge on any atom is -0.258 e. The molecule has 0 amide bonds. The van der Waals surface area contributed by atoms with Crippen molar-refractivity contribution in [1.29, 1.82) is 0 Å². The van der Waals surface area contributed by atoms with Crippen LogP contribution in [0.25, 0.3) is 17.0 Å². The number of benzene rings is 2. The lowest BCUT2D eigenvalue weighted by molar-refractivity contribution is -0.879. The monoisotopic (exact) mass is 260 g/mol. The van der Waals surface area contributed by atoms with Gasteiger partial charge in [0.25, 0.3) is 5.52 Å². The first-order valence-corrected chi connectivity index (χ1v) is 6.75. The van der Waals surface area contributed by atoms with Crippen LogP contribution in [0.15, 0.2) is 72.9 Å². The lowest BCUT2D eigenvalue weighted by Crippen LogP contribution is -2.44. The van der Waals surface area contributed by atoms with Crippen LogP contribution in [0.2, 0.25) is 0 Å². The maximum Gasteiger partial charge on any atom is 0.264 e. The van der Waals surface area contributed by atoms with Gasteiger partial charge in [0.2, 0.25) is 12.3 Å². The van der Waals surface area contributed by atoms with Crippen molar-refractivity contribution in [2.24, 2.45) is 0 Å². The van der Waals surface area contributed by atoms with E-state index in [2.05, 4.69) is 54.6 Å². The van der Waals surface area contributed by atoms with E-state index in [9.17, 15) is 0 Å². The average Bonchev–Trinajstić information content (AvgIpc) is 2.91. The van der Waals surface area contributed by atoms with Crippen molar-refractivity contribution in [2.75, 3.05) is 0 Å². The van der Waals surface area contributed by atoms with Crippen LogP contribution in [0.1, 0.15) is 17.2 Å². The molecular weight excluding hydrogens is 246 g/mol. The van der Waals surface area contributed by atoms with Gasteiger partial charge in [-0.1, -0.05) is 42.5 Å². The minimum atomic E-state index is -0.0259. The molecule has 1 unspecified atom stereocenters. The van der Waals surface area contributed by atoms with Crippen molar-refractivity contribution in [3.63, 3.8) is 0 Å². The molecular formula is C18H14NO+. The Morgan fingerprint density at radius 2 is 1.65 bits per heavy atom. The molecule has 1 aliphatic rings. The van der Waals surface area contributed by atoms with Crippen molar-refractivity contribution in [3.05, 3.63) is 84.1 Å². The number of aromatic nitrogens is 1. The maximum absolute atomic E-state index is 6.14. The van der Waals surface area contributed by atoms with Crippen molar-refractivity contribution in [1.82, 2.24) is 0 Å². The van der Waals surface area contributed by atoms with Gasteiger partial charge in [0, 0.05) is 22.4 Å². The second kappa shape index (κ2) is 4.49. The van der Waals surface area contributed by atoms with Crippen LogP contribution in [-0.4, -0.2) is 0 Å². The summed E-state index contributed by atoms with van der Waals surface area (Å²) in [7, 11) is 0. The molecule has 0 fully saturated rings. The van der Waals surface area contributed by atoms with Crippen molar-refractivity contribution in [2.45, 2.75) is 6.10 Å². The van der Waals surface area contributed by atoms with Crippen LogP contribution in [0, 0.1) is 0 Å². The lowest BCUT2D eigenvalue weighted by atomic mass is 10.1. The summed E-state index contributed by atoms with van der Waals surface area (Å²) >= 11 is 0. The van der Waals surface area contributed by atoms with E-state index in [0.717, 1.165) is 5.52 Å². The molecule has 2 heteroatoms. The molecule has 4 rings (SSSR count). The topological polar surface area (TPSA) is 13.1 Å². The average molecular weight is 260 g/mol. The minimum absolute atomic E-state index is 0.0259. The van der Waals surface area contributed by atoms with Gasteiger partial charge in [-0.15, -0.1) is 0 Å². The lowest BCUT2D eigenvalue weighted by Gasteiger charge is -2.08. The Morgan fingerprint density at radius 1 is 0.850 bits per heavy atom. The largest absolute Gasteiger partial charge is 0.264 e. The van der Waals surface area contributed by atoms with Crippen LogP contribution in [0.4, 0.5) is 0 Å². The zero-order valence-electron chi connectivity index (χ0n) is 10.9. The molecule has 20 heavy (non-hydrogen) atoms. The summed E-state index contributed by atoms with van der Waals surface area (Å²) in [5.41, 5.74) is 3.53. The number of pyridine rings is 1. The fourth-order valence-corrected chi connectivity index (χ4v) is 2.66. The Balaban J connectivity index is 1.75. The van der Waals surface area contributed by atoms with Crippen LogP contribution in [0.5, 0.6) is 0 Å². The molecule has 96 valence electrons. The van der Waals surface area contributed by atoms with Gasteiger partial charge >= 0.3 is 0 Å². The van der Waals surface area contributed by atoms with Crippen LogP contribution >= 0.6 is 0 Å². The number of para-hydroxylation sites is 1. The second-order valence-corrected chi connectivity index (χ2v) is 4.91. The summed E-state index contributed by atoms with van der Waals surface area (Å²) in [6, 6.07) is 20.7. The van der Waals surface area contributed by atoms with Gasteiger partial charge in [0.15, 0.2) is 0 Å². The van der Waals surface area contributed by atoms with E-state index < -0.39 is 0 Å². The molecule has 0 spiro atoms. The summed E-state index contributed by atoms with van der Waals surface area (Å²) in [5, 5.41) is 1.17. The van der Waals surface area contributed by atoms with Gasteiger partial charge in [-0.3, -0.25) is 4.84 Å². The summed E-state index contributed by atoms with van der Waals surface area (Å²) < 4.78 is 1.85. The zero-order valence-corrected chi connectivity index (χ0v) is 10.9. The first-order chi connectivity index (χ1) is 9.92. The van der Waals surface area contributed by atoms with E-state index in [1.165, 1.54) is 16.5 Å². The smallest absolute Gasteiger partial charge is 0.258 e. The highest BCUT2D eigenvalue weighted by molar-refractivity contribution is 5.74. The van der Waals surface area contributed by atoms with E-state index in [1.54, 1.807) is 0 Å². The Labute approximate surface area is 117 Å². The summed E-state index contributed by atoms with van der Waals surface area (Å²) in [6.07, 6.45) is 6.14. The Kier molecular flexibility index (Phi) is 2.52. The molecule has 0 aliphatic heterocycles. The highest BCUT2D eigenvalue weighted by atomic mass is 16.7. The number of hydrogen-bond donors (Lipinski definition) is 0. The molecule has 1 atom stereocenters. The highest BCUT2D eigenvalue weighted by Gasteiger charge is 2.23. The number of rotatable bonds is 2. The Morgan fingerprint density at radius 3 is 2.65 bits per heavy atom. The van der Waals surface area contributed by atoms with E-state index in [4.69, 9.17) is 4.84 Å². The molecule has 1 heterocycles. The molecule has 0 saturated heterocycles. The molecule has 0 bridgehead atoms. The number of hydrogen-bond acceptors (Lipinski definition) is 1. The zero-order chi connectivity index (χ0) is 13.4. The predicted octanol–water partition coefficient (Wildman–Crippen LogP) is 3.32. The van der Waals surface area contributed by atoms with Gasteiger partial charge in [0.05, 0.1) is 5.39 Å². The van der Waals surface area contributed by atoms with Gasteiger partial charge in [-0.25, -0.2) is 0 Å². The quantitative estimate of drug-likeness (QED) is 0.644. The van der Waals surface area contributed by atoms with E-state index in [0.29, 0.717) is 0 Å². The standard InChI is InChI=1S/C18H14NO/c1-3-9-16-14(6-1)11-12-18(16)20-19-13-5-8-15-7-2-4-10-17(15)19/h1-13,18H/q+1. The van der Waals surface area contributed by atoms with Crippen LogP contribution in [-0.2, 0) is 0 Å². The molecule has 1 aliphatic carbocycles. The predicted molar refractivity (Wildman–Crippen MR) is 78.9 cm³/mol. The third-order valence-corrected chi connectivity index (χ3v) is 3.65. The van der Waals surface area contributed by atoms with E-state index in [1.807, 2.05) is 29.1 Å². The fourth-order valence-electron chi connectivity index (χ4n) is 2.66. The molecule has 1 aromatic heterocycles. The van der Waals surface area contributed by atoms with Crippen LogP contribution < -0.4 is 9.57 Å². The van der Waals surface area contributed by atoms with Crippen molar-refractivity contribution >= 4 is 17.0 Å². The third kappa shape index (κ3) is 1.77.